The van der Waals surface area contributed by atoms with Crippen LogP contribution in [0.1, 0.15) is 46.1 Å². The predicted octanol–water partition coefficient (Wildman–Crippen LogP) is 4.22. The van der Waals surface area contributed by atoms with Gasteiger partial charge in [-0.15, -0.1) is 0 Å². The topological polar surface area (TPSA) is 15.3 Å². The van der Waals surface area contributed by atoms with Crippen LogP contribution in [0, 0.1) is 5.82 Å². The molecule has 1 heterocycles. The molecule has 0 spiro atoms. The van der Waals surface area contributed by atoms with Crippen molar-refractivity contribution in [3.8, 4) is 0 Å². The van der Waals surface area contributed by atoms with E-state index in [1.165, 1.54) is 0 Å². The smallest absolute Gasteiger partial charge is 0.142 e. The molecule has 2 rings (SSSR count). The van der Waals surface area contributed by atoms with Gasteiger partial charge in [0.1, 0.15) is 5.82 Å². The van der Waals surface area contributed by atoms with Crippen molar-refractivity contribution in [3.05, 3.63) is 34.6 Å². The summed E-state index contributed by atoms with van der Waals surface area (Å²) in [5.41, 5.74) is 1.21. The Hall–Kier alpha value is -0.640. The van der Waals surface area contributed by atoms with Crippen molar-refractivity contribution in [2.75, 3.05) is 13.1 Å². The predicted molar refractivity (Wildman–Crippen MR) is 87.2 cm³/mol. The van der Waals surface area contributed by atoms with Gasteiger partial charge in [-0.05, 0) is 44.4 Å². The van der Waals surface area contributed by atoms with Crippen LogP contribution in [0.2, 0.25) is 5.02 Å². The van der Waals surface area contributed by atoms with Gasteiger partial charge in [-0.1, -0.05) is 31.5 Å². The first-order chi connectivity index (χ1) is 9.82. The minimum atomic E-state index is -0.333. The van der Waals surface area contributed by atoms with Crippen LogP contribution >= 0.6 is 11.6 Å². The van der Waals surface area contributed by atoms with E-state index in [9.17, 15) is 4.39 Å². The summed E-state index contributed by atoms with van der Waals surface area (Å²) in [7, 11) is 0. The Balaban J connectivity index is 2.22. The van der Waals surface area contributed by atoms with Gasteiger partial charge in [-0.2, -0.15) is 0 Å². The van der Waals surface area contributed by atoms with Crippen LogP contribution in [0.4, 0.5) is 4.39 Å². The van der Waals surface area contributed by atoms with Crippen LogP contribution in [0.25, 0.3) is 0 Å². The molecule has 21 heavy (non-hydrogen) atoms. The normalized spacial score (nSPS) is 30.6. The standard InChI is InChI=1S/C17H26ClFN2/c1-5-16(3)12-21(17(4,6-2)11-20-16)10-13-7-8-14(18)15(19)9-13/h7-9,20H,5-6,10-12H2,1-4H3. The fourth-order valence-corrected chi connectivity index (χ4v) is 2.99. The van der Waals surface area contributed by atoms with Crippen molar-refractivity contribution in [3.63, 3.8) is 0 Å². The van der Waals surface area contributed by atoms with Gasteiger partial charge in [-0.3, -0.25) is 4.90 Å². The van der Waals surface area contributed by atoms with Crippen molar-refractivity contribution in [2.24, 2.45) is 0 Å². The van der Waals surface area contributed by atoms with Crippen LogP contribution < -0.4 is 5.32 Å². The lowest BCUT2D eigenvalue weighted by Crippen LogP contribution is -2.67. The highest BCUT2D eigenvalue weighted by Gasteiger charge is 2.40. The van der Waals surface area contributed by atoms with Gasteiger partial charge >= 0.3 is 0 Å². The third-order valence-corrected chi connectivity index (χ3v) is 5.41. The molecule has 0 aromatic heterocycles. The summed E-state index contributed by atoms with van der Waals surface area (Å²) in [5, 5.41) is 3.88. The summed E-state index contributed by atoms with van der Waals surface area (Å²) in [6, 6.07) is 5.13. The lowest BCUT2D eigenvalue weighted by Gasteiger charge is -2.52. The minimum Gasteiger partial charge on any atom is -0.308 e. The fourth-order valence-electron chi connectivity index (χ4n) is 2.87. The average Bonchev–Trinajstić information content (AvgIpc) is 2.47. The maximum atomic E-state index is 13.7. The maximum absolute atomic E-state index is 13.7. The van der Waals surface area contributed by atoms with Gasteiger partial charge < -0.3 is 5.32 Å². The van der Waals surface area contributed by atoms with Gasteiger partial charge in [-0.25, -0.2) is 4.39 Å². The number of piperazine rings is 1. The zero-order valence-electron chi connectivity index (χ0n) is 13.5. The molecule has 0 radical (unpaired) electrons. The Morgan fingerprint density at radius 3 is 2.57 bits per heavy atom. The molecule has 2 unspecified atom stereocenters. The van der Waals surface area contributed by atoms with E-state index < -0.39 is 0 Å². The molecule has 0 aliphatic carbocycles. The SMILES string of the molecule is CCC1(C)CN(Cc2ccc(Cl)c(F)c2)C(C)(CC)CN1. The van der Waals surface area contributed by atoms with E-state index >= 15 is 0 Å². The van der Waals surface area contributed by atoms with E-state index in [2.05, 4.69) is 37.9 Å². The Morgan fingerprint density at radius 1 is 1.29 bits per heavy atom. The van der Waals surface area contributed by atoms with E-state index in [1.807, 2.05) is 6.07 Å². The fraction of sp³-hybridized carbons (Fsp3) is 0.647. The molecule has 0 amide bonds. The number of benzene rings is 1. The second kappa shape index (κ2) is 6.23. The molecule has 2 atom stereocenters. The lowest BCUT2D eigenvalue weighted by atomic mass is 9.85. The van der Waals surface area contributed by atoms with Crippen LogP contribution in [0.3, 0.4) is 0 Å². The van der Waals surface area contributed by atoms with Crippen LogP contribution in [-0.2, 0) is 6.54 Å². The third-order valence-electron chi connectivity index (χ3n) is 5.10. The molecular weight excluding hydrogens is 287 g/mol. The number of hydrogen-bond donors (Lipinski definition) is 1. The Bertz CT molecular complexity index is 508. The molecule has 1 fully saturated rings. The van der Waals surface area contributed by atoms with Gasteiger partial charge in [0.15, 0.2) is 0 Å². The quantitative estimate of drug-likeness (QED) is 0.895. The van der Waals surface area contributed by atoms with Crippen LogP contribution in [0.15, 0.2) is 18.2 Å². The van der Waals surface area contributed by atoms with E-state index in [0.717, 1.165) is 38.0 Å². The largest absolute Gasteiger partial charge is 0.308 e. The first-order valence-corrected chi connectivity index (χ1v) is 8.14. The van der Waals surface area contributed by atoms with E-state index in [-0.39, 0.29) is 21.9 Å². The van der Waals surface area contributed by atoms with E-state index in [0.29, 0.717) is 0 Å². The third kappa shape index (κ3) is 3.58. The average molecular weight is 313 g/mol. The molecular formula is C17H26ClFN2. The highest BCUT2D eigenvalue weighted by molar-refractivity contribution is 6.30. The van der Waals surface area contributed by atoms with Gasteiger partial charge in [0.05, 0.1) is 5.02 Å². The number of nitrogens with one attached hydrogen (secondary N) is 1. The second-order valence-corrected chi connectivity index (χ2v) is 7.13. The van der Waals surface area contributed by atoms with Gasteiger partial charge in [0.2, 0.25) is 0 Å². The van der Waals surface area contributed by atoms with Gasteiger partial charge in [0, 0.05) is 30.7 Å². The zero-order chi connectivity index (χ0) is 15.7. The minimum absolute atomic E-state index is 0.102. The monoisotopic (exact) mass is 312 g/mol. The molecule has 1 aromatic rings. The number of nitrogens with zero attached hydrogens (tertiary/aromatic N) is 1. The zero-order valence-corrected chi connectivity index (χ0v) is 14.2. The Labute approximate surface area is 132 Å². The van der Waals surface area contributed by atoms with Crippen molar-refractivity contribution < 1.29 is 4.39 Å². The molecule has 1 aliphatic rings. The molecule has 2 nitrogen and oxygen atoms in total. The van der Waals surface area contributed by atoms with E-state index in [1.54, 1.807) is 12.1 Å². The summed E-state index contributed by atoms with van der Waals surface area (Å²) in [6.07, 6.45) is 2.15. The molecule has 1 aromatic carbocycles. The molecule has 1 aliphatic heterocycles. The maximum Gasteiger partial charge on any atom is 0.142 e. The summed E-state index contributed by atoms with van der Waals surface area (Å²) >= 11 is 5.78. The number of rotatable bonds is 4. The Kier molecular flexibility index (Phi) is 4.96. The first-order valence-electron chi connectivity index (χ1n) is 7.76. The van der Waals surface area contributed by atoms with Crippen molar-refractivity contribution >= 4 is 11.6 Å². The van der Waals surface area contributed by atoms with Crippen LogP contribution in [0.5, 0.6) is 0 Å². The summed E-state index contributed by atoms with van der Waals surface area (Å²) < 4.78 is 13.7. The molecule has 4 heteroatoms. The van der Waals surface area contributed by atoms with E-state index in [4.69, 9.17) is 11.6 Å². The second-order valence-electron chi connectivity index (χ2n) is 6.72. The van der Waals surface area contributed by atoms with Gasteiger partial charge in [0.25, 0.3) is 0 Å². The van der Waals surface area contributed by atoms with Crippen molar-refractivity contribution in [1.29, 1.82) is 0 Å². The van der Waals surface area contributed by atoms with Crippen molar-refractivity contribution in [1.82, 2.24) is 10.2 Å². The van der Waals surface area contributed by atoms with Crippen molar-refractivity contribution in [2.45, 2.75) is 58.2 Å². The molecule has 0 saturated carbocycles. The van der Waals surface area contributed by atoms with Crippen LogP contribution in [-0.4, -0.2) is 29.1 Å². The summed E-state index contributed by atoms with van der Waals surface area (Å²) in [6.45, 7) is 11.7. The summed E-state index contributed by atoms with van der Waals surface area (Å²) in [5.74, 6) is -0.333. The number of halogens is 2. The Morgan fingerprint density at radius 2 is 2.00 bits per heavy atom. The lowest BCUT2D eigenvalue weighted by molar-refractivity contribution is 0.0104. The highest BCUT2D eigenvalue weighted by atomic mass is 35.5. The molecule has 1 saturated heterocycles. The number of hydrogen-bond acceptors (Lipinski definition) is 2. The molecule has 118 valence electrons. The summed E-state index contributed by atoms with van der Waals surface area (Å²) in [4.78, 5) is 2.48. The highest BCUT2D eigenvalue weighted by Crippen LogP contribution is 2.30. The first kappa shape index (κ1) is 16.7. The molecule has 1 N–H and O–H groups in total. The molecule has 0 bridgehead atoms.